The van der Waals surface area contributed by atoms with Crippen molar-refractivity contribution in [2.45, 2.75) is 39.0 Å². The van der Waals surface area contributed by atoms with Gasteiger partial charge < -0.3 is 15.4 Å². The quantitative estimate of drug-likeness (QED) is 0.519. The molecule has 0 aliphatic heterocycles. The molecule has 1 aromatic carbocycles. The number of carbonyl (C=O) groups excluding carboxylic acids is 2. The number of rotatable bonds is 8. The summed E-state index contributed by atoms with van der Waals surface area (Å²) in [4.78, 5) is 33.0. The van der Waals surface area contributed by atoms with Crippen LogP contribution in [-0.4, -0.2) is 35.0 Å². The fraction of sp³-hybridized carbons (Fsp3) is 0.364. The van der Waals surface area contributed by atoms with E-state index in [1.165, 1.54) is 24.6 Å². The summed E-state index contributed by atoms with van der Waals surface area (Å²) in [6.45, 7) is 2.63. The number of esters is 1. The average molecular weight is 394 g/mol. The van der Waals surface area contributed by atoms with Gasteiger partial charge in [-0.15, -0.1) is 0 Å². The second kappa shape index (κ2) is 10.4. The van der Waals surface area contributed by atoms with Crippen molar-refractivity contribution in [1.29, 1.82) is 0 Å². The van der Waals surface area contributed by atoms with Crippen LogP contribution in [0, 0.1) is 0 Å². The summed E-state index contributed by atoms with van der Waals surface area (Å²) in [6, 6.07) is 8.51. The largest absolute Gasteiger partial charge is 0.462 e. The summed E-state index contributed by atoms with van der Waals surface area (Å²) in [5.41, 5.74) is 2.59. The van der Waals surface area contributed by atoms with Gasteiger partial charge in [-0.25, -0.2) is 14.8 Å². The zero-order chi connectivity index (χ0) is 20.5. The summed E-state index contributed by atoms with van der Waals surface area (Å²) in [5.74, 6) is -0.434. The molecule has 0 saturated heterocycles. The van der Waals surface area contributed by atoms with E-state index in [2.05, 4.69) is 26.7 Å². The van der Waals surface area contributed by atoms with Crippen LogP contribution >= 0.6 is 0 Å². The summed E-state index contributed by atoms with van der Waals surface area (Å²) in [6.07, 6.45) is 9.41. The van der Waals surface area contributed by atoms with Crippen LogP contribution in [0.2, 0.25) is 0 Å². The molecule has 1 amide bonds. The zero-order valence-electron chi connectivity index (χ0n) is 16.6. The van der Waals surface area contributed by atoms with Gasteiger partial charge in [-0.2, -0.15) is 0 Å². The van der Waals surface area contributed by atoms with E-state index in [4.69, 9.17) is 4.74 Å². The molecule has 0 radical (unpaired) electrons. The minimum Gasteiger partial charge on any atom is -0.462 e. The Morgan fingerprint density at radius 1 is 1.17 bits per heavy atom. The first-order chi connectivity index (χ1) is 14.2. The number of aromatic nitrogens is 2. The average Bonchev–Trinajstić information content (AvgIpc) is 2.75. The number of benzene rings is 1. The van der Waals surface area contributed by atoms with Crippen molar-refractivity contribution in [3.05, 3.63) is 59.4 Å². The van der Waals surface area contributed by atoms with Crippen molar-refractivity contribution in [2.75, 3.05) is 18.5 Å². The Morgan fingerprint density at radius 3 is 2.83 bits per heavy atom. The lowest BCUT2D eigenvalue weighted by atomic mass is 9.97. The molecule has 2 N–H and O–H groups in total. The SMILES string of the molecule is CCOC(=O)c1ccccc1Nc1nccc(C(=O)NCCC2=CCCCC2)n1. The second-order valence-electron chi connectivity index (χ2n) is 6.77. The van der Waals surface area contributed by atoms with Crippen LogP contribution in [0.3, 0.4) is 0 Å². The van der Waals surface area contributed by atoms with Gasteiger partial charge in [0.25, 0.3) is 5.91 Å². The molecule has 1 aromatic heterocycles. The topological polar surface area (TPSA) is 93.2 Å². The Labute approximate surface area is 170 Å². The van der Waals surface area contributed by atoms with E-state index in [0.717, 1.165) is 19.3 Å². The summed E-state index contributed by atoms with van der Waals surface area (Å²) >= 11 is 0. The van der Waals surface area contributed by atoms with Gasteiger partial charge >= 0.3 is 5.97 Å². The van der Waals surface area contributed by atoms with E-state index in [1.54, 1.807) is 37.3 Å². The van der Waals surface area contributed by atoms with Gasteiger partial charge in [0, 0.05) is 12.7 Å². The Balaban J connectivity index is 1.63. The van der Waals surface area contributed by atoms with E-state index in [9.17, 15) is 9.59 Å². The molecule has 0 bridgehead atoms. The molecule has 7 nitrogen and oxygen atoms in total. The number of nitrogens with one attached hydrogen (secondary N) is 2. The highest BCUT2D eigenvalue weighted by Gasteiger charge is 2.14. The standard InChI is InChI=1S/C22H26N4O3/c1-2-29-21(28)17-10-6-7-11-18(17)25-22-24-15-13-19(26-22)20(27)23-14-12-16-8-4-3-5-9-16/h6-8,10-11,13,15H,2-5,9,12,14H2,1H3,(H,23,27)(H,24,25,26). The molecule has 2 aromatic rings. The molecule has 1 aliphatic rings. The zero-order valence-corrected chi connectivity index (χ0v) is 16.6. The number of para-hydroxylation sites is 1. The maximum Gasteiger partial charge on any atom is 0.340 e. The molecule has 3 rings (SSSR count). The highest BCUT2D eigenvalue weighted by atomic mass is 16.5. The Hall–Kier alpha value is -3.22. The number of hydrogen-bond acceptors (Lipinski definition) is 6. The number of hydrogen-bond donors (Lipinski definition) is 2. The molecule has 0 spiro atoms. The van der Waals surface area contributed by atoms with Gasteiger partial charge in [0.2, 0.25) is 5.95 Å². The second-order valence-corrected chi connectivity index (χ2v) is 6.77. The maximum absolute atomic E-state index is 12.4. The molecular formula is C22H26N4O3. The van der Waals surface area contributed by atoms with Gasteiger partial charge in [0.15, 0.2) is 0 Å². The molecule has 7 heteroatoms. The van der Waals surface area contributed by atoms with Gasteiger partial charge in [-0.1, -0.05) is 23.8 Å². The first-order valence-electron chi connectivity index (χ1n) is 9.99. The van der Waals surface area contributed by atoms with Gasteiger partial charge in [0.1, 0.15) is 5.69 Å². The molecule has 0 fully saturated rings. The summed E-state index contributed by atoms with van der Waals surface area (Å²) < 4.78 is 5.07. The molecular weight excluding hydrogens is 368 g/mol. The monoisotopic (exact) mass is 394 g/mol. The van der Waals surface area contributed by atoms with E-state index in [-0.39, 0.29) is 24.2 Å². The number of nitrogens with zero attached hydrogens (tertiary/aromatic N) is 2. The van der Waals surface area contributed by atoms with Crippen molar-refractivity contribution in [1.82, 2.24) is 15.3 Å². The van der Waals surface area contributed by atoms with E-state index >= 15 is 0 Å². The lowest BCUT2D eigenvalue weighted by Gasteiger charge is -2.13. The van der Waals surface area contributed by atoms with Crippen molar-refractivity contribution in [2.24, 2.45) is 0 Å². The lowest BCUT2D eigenvalue weighted by molar-refractivity contribution is 0.0527. The van der Waals surface area contributed by atoms with Crippen LogP contribution in [0.4, 0.5) is 11.6 Å². The third kappa shape index (κ3) is 5.88. The van der Waals surface area contributed by atoms with Gasteiger partial charge in [-0.3, -0.25) is 4.79 Å². The van der Waals surface area contributed by atoms with Crippen molar-refractivity contribution in [3.63, 3.8) is 0 Å². The predicted octanol–water partition coefficient (Wildman–Crippen LogP) is 4.02. The first kappa shape index (κ1) is 20.5. The number of amides is 1. The smallest absolute Gasteiger partial charge is 0.340 e. The predicted molar refractivity (Wildman–Crippen MR) is 111 cm³/mol. The fourth-order valence-electron chi connectivity index (χ4n) is 3.20. The highest BCUT2D eigenvalue weighted by Crippen LogP contribution is 2.20. The lowest BCUT2D eigenvalue weighted by Crippen LogP contribution is -2.26. The molecule has 0 atom stereocenters. The van der Waals surface area contributed by atoms with E-state index < -0.39 is 5.97 Å². The van der Waals surface area contributed by atoms with Crippen LogP contribution in [0.25, 0.3) is 0 Å². The number of allylic oxidation sites excluding steroid dienone is 1. The number of anilines is 2. The first-order valence-corrected chi connectivity index (χ1v) is 9.99. The summed E-state index contributed by atoms with van der Waals surface area (Å²) in [5, 5.41) is 5.91. The minimum absolute atomic E-state index is 0.240. The maximum atomic E-state index is 12.4. The van der Waals surface area contributed by atoms with Crippen molar-refractivity contribution < 1.29 is 14.3 Å². The number of carbonyl (C=O) groups is 2. The van der Waals surface area contributed by atoms with Crippen LogP contribution in [0.5, 0.6) is 0 Å². The third-order valence-electron chi connectivity index (χ3n) is 4.67. The Bertz CT molecular complexity index is 895. The third-order valence-corrected chi connectivity index (χ3v) is 4.67. The summed E-state index contributed by atoms with van der Waals surface area (Å²) in [7, 11) is 0. The van der Waals surface area contributed by atoms with Crippen LogP contribution in [-0.2, 0) is 4.74 Å². The van der Waals surface area contributed by atoms with Crippen LogP contribution < -0.4 is 10.6 Å². The molecule has 0 saturated carbocycles. The Morgan fingerprint density at radius 2 is 2.03 bits per heavy atom. The van der Waals surface area contributed by atoms with Gasteiger partial charge in [0.05, 0.1) is 17.9 Å². The normalized spacial score (nSPS) is 13.3. The van der Waals surface area contributed by atoms with Crippen LogP contribution in [0.15, 0.2) is 48.2 Å². The fourth-order valence-corrected chi connectivity index (χ4v) is 3.20. The minimum atomic E-state index is -0.429. The molecule has 1 heterocycles. The highest BCUT2D eigenvalue weighted by molar-refractivity contribution is 5.96. The van der Waals surface area contributed by atoms with E-state index in [1.807, 2.05) is 0 Å². The van der Waals surface area contributed by atoms with Crippen LogP contribution in [0.1, 0.15) is 59.9 Å². The van der Waals surface area contributed by atoms with E-state index in [0.29, 0.717) is 17.8 Å². The van der Waals surface area contributed by atoms with Crippen molar-refractivity contribution >= 4 is 23.5 Å². The van der Waals surface area contributed by atoms with Crippen molar-refractivity contribution in [3.8, 4) is 0 Å². The van der Waals surface area contributed by atoms with Gasteiger partial charge in [-0.05, 0) is 57.2 Å². The molecule has 1 aliphatic carbocycles. The molecule has 0 unspecified atom stereocenters. The number of ether oxygens (including phenoxy) is 1. The molecule has 152 valence electrons. The molecule has 29 heavy (non-hydrogen) atoms. The Kier molecular flexibility index (Phi) is 7.33.